The maximum Gasteiger partial charge on any atom is -0.0181 e. The van der Waals surface area contributed by atoms with Crippen LogP contribution in [0, 0.1) is 13.0 Å². The fourth-order valence-electron chi connectivity index (χ4n) is 0.483. The molecule has 1 aromatic carbocycles. The Labute approximate surface area is 43.8 Å². The molecule has 0 unspecified atom stereocenters. The summed E-state index contributed by atoms with van der Waals surface area (Å²) in [5, 5.41) is 0. The highest BCUT2D eigenvalue weighted by Crippen LogP contribution is 1.91. The van der Waals surface area contributed by atoms with Gasteiger partial charge in [0, 0.05) is 0 Å². The molecule has 1 aromatic rings. The Morgan fingerprint density at radius 3 is 2.71 bits per heavy atom. The monoisotopic (exact) mass is 91.1 g/mol. The molecule has 0 aliphatic carbocycles. The van der Waals surface area contributed by atoms with Crippen LogP contribution in [0.1, 0.15) is 5.56 Å². The van der Waals surface area contributed by atoms with Crippen LogP contribution in [-0.2, 0) is 0 Å². The van der Waals surface area contributed by atoms with Gasteiger partial charge in [-0.15, -0.1) is 0 Å². The molecule has 0 saturated heterocycles. The van der Waals surface area contributed by atoms with Crippen molar-refractivity contribution in [1.29, 1.82) is 0 Å². The van der Waals surface area contributed by atoms with E-state index in [0.29, 0.717) is 0 Å². The van der Waals surface area contributed by atoms with Gasteiger partial charge < -0.3 is 0 Å². The quantitative estimate of drug-likeness (QED) is 0.456. The minimum atomic E-state index is 1.27. The summed E-state index contributed by atoms with van der Waals surface area (Å²) in [5.41, 5.74) is 1.27. The molecule has 0 saturated carbocycles. The largest absolute Gasteiger partial charge is 0.0614 e. The van der Waals surface area contributed by atoms with Crippen LogP contribution in [0.25, 0.3) is 0 Å². The predicted molar refractivity (Wildman–Crippen MR) is 30.0 cm³/mol. The van der Waals surface area contributed by atoms with Gasteiger partial charge in [0.2, 0.25) is 0 Å². The summed E-state index contributed by atoms with van der Waals surface area (Å²) in [5.74, 6) is 0. The molecule has 0 heterocycles. The lowest BCUT2D eigenvalue weighted by atomic mass is 10.2. The first-order valence-corrected chi connectivity index (χ1v) is 2.32. The van der Waals surface area contributed by atoms with Crippen molar-refractivity contribution < 1.29 is 0 Å². The smallest absolute Gasteiger partial charge is 0.0181 e. The second kappa shape index (κ2) is 1.78. The Morgan fingerprint density at radius 1 is 1.57 bits per heavy atom. The molecule has 35 valence electrons. The van der Waals surface area contributed by atoms with Crippen molar-refractivity contribution in [2.75, 3.05) is 0 Å². The fraction of sp³-hybridized carbons (Fsp3) is 0.143. The van der Waals surface area contributed by atoms with Gasteiger partial charge in [0.1, 0.15) is 0 Å². The molecule has 0 spiro atoms. The van der Waals surface area contributed by atoms with E-state index >= 15 is 0 Å². The van der Waals surface area contributed by atoms with Crippen molar-refractivity contribution in [1.82, 2.24) is 0 Å². The third-order valence-electron chi connectivity index (χ3n) is 0.863. The Balaban J connectivity index is 3.02. The lowest BCUT2D eigenvalue weighted by Gasteiger charge is -1.82. The molecule has 0 N–H and O–H groups in total. The van der Waals surface area contributed by atoms with Gasteiger partial charge in [0.15, 0.2) is 0 Å². The zero-order chi connectivity index (χ0) is 5.11. The Hall–Kier alpha value is -0.780. The van der Waals surface area contributed by atoms with E-state index in [4.69, 9.17) is 0 Å². The van der Waals surface area contributed by atoms with E-state index in [9.17, 15) is 0 Å². The summed E-state index contributed by atoms with van der Waals surface area (Å²) in [6.45, 7) is 2.05. The molecule has 0 atom stereocenters. The Morgan fingerprint density at radius 2 is 2.43 bits per heavy atom. The van der Waals surface area contributed by atoms with Gasteiger partial charge in [0.25, 0.3) is 0 Å². The number of hydrogen-bond acceptors (Lipinski definition) is 0. The second-order valence-corrected chi connectivity index (χ2v) is 1.58. The summed E-state index contributed by atoms with van der Waals surface area (Å²) >= 11 is 0. The van der Waals surface area contributed by atoms with Crippen LogP contribution in [0.5, 0.6) is 0 Å². The van der Waals surface area contributed by atoms with E-state index in [0.717, 1.165) is 0 Å². The first kappa shape index (κ1) is 4.38. The van der Waals surface area contributed by atoms with E-state index < -0.39 is 0 Å². The maximum absolute atomic E-state index is 2.96. The van der Waals surface area contributed by atoms with Crippen LogP contribution in [0.3, 0.4) is 0 Å². The van der Waals surface area contributed by atoms with Gasteiger partial charge in [0.05, 0.1) is 0 Å². The fourth-order valence-corrected chi connectivity index (χ4v) is 0.483. The van der Waals surface area contributed by atoms with Crippen molar-refractivity contribution >= 4 is 0 Å². The number of rotatable bonds is 0. The highest BCUT2D eigenvalue weighted by Gasteiger charge is 1.72. The molecule has 0 aliphatic rings. The Bertz CT molecular complexity index is 130. The van der Waals surface area contributed by atoms with E-state index in [2.05, 4.69) is 19.1 Å². The summed E-state index contributed by atoms with van der Waals surface area (Å²) in [6, 6.07) is 10.8. The van der Waals surface area contributed by atoms with Crippen LogP contribution >= 0.6 is 0 Å². The van der Waals surface area contributed by atoms with E-state index in [1.165, 1.54) is 5.56 Å². The minimum absolute atomic E-state index is 1.27. The van der Waals surface area contributed by atoms with Gasteiger partial charge in [-0.2, -0.15) is 0 Å². The van der Waals surface area contributed by atoms with Gasteiger partial charge in [-0.05, 0) is 13.0 Å². The summed E-state index contributed by atoms with van der Waals surface area (Å²) in [7, 11) is 0. The normalized spacial score (nSPS) is 8.71. The molecule has 0 nitrogen and oxygen atoms in total. The number of benzene rings is 1. The molecule has 0 aromatic heterocycles. The van der Waals surface area contributed by atoms with E-state index in [1.807, 2.05) is 18.2 Å². The molecule has 0 bridgehead atoms. The van der Waals surface area contributed by atoms with Gasteiger partial charge >= 0.3 is 0 Å². The molecule has 0 aliphatic heterocycles. The van der Waals surface area contributed by atoms with Crippen LogP contribution < -0.4 is 0 Å². The summed E-state index contributed by atoms with van der Waals surface area (Å²) in [6.07, 6.45) is 0. The minimum Gasteiger partial charge on any atom is -0.0614 e. The lowest BCUT2D eigenvalue weighted by molar-refractivity contribution is 1.47. The van der Waals surface area contributed by atoms with Crippen molar-refractivity contribution in [3.05, 3.63) is 35.9 Å². The molecule has 1 radical (unpaired) electrons. The molecule has 1 rings (SSSR count). The molecule has 0 amide bonds. The number of hydrogen-bond donors (Lipinski definition) is 0. The zero-order valence-corrected chi connectivity index (χ0v) is 4.31. The number of aryl methyl sites for hydroxylation is 1. The maximum atomic E-state index is 2.96. The van der Waals surface area contributed by atoms with Crippen LogP contribution in [0.2, 0.25) is 0 Å². The van der Waals surface area contributed by atoms with Crippen molar-refractivity contribution in [2.24, 2.45) is 0 Å². The average molecular weight is 91.1 g/mol. The Kier molecular flexibility index (Phi) is 1.12. The standard InChI is InChI=1S/C7H7/c1-7-5-3-2-4-6-7/h2-3,5-6H,1H3. The first-order valence-electron chi connectivity index (χ1n) is 2.32. The first-order chi connectivity index (χ1) is 3.39. The molecule has 0 heteroatoms. The van der Waals surface area contributed by atoms with Gasteiger partial charge in [-0.25, -0.2) is 0 Å². The van der Waals surface area contributed by atoms with Crippen LogP contribution in [0.4, 0.5) is 0 Å². The summed E-state index contributed by atoms with van der Waals surface area (Å²) < 4.78 is 0. The second-order valence-electron chi connectivity index (χ2n) is 1.58. The van der Waals surface area contributed by atoms with Crippen molar-refractivity contribution in [3.8, 4) is 0 Å². The molecule has 7 heavy (non-hydrogen) atoms. The van der Waals surface area contributed by atoms with E-state index in [-0.39, 0.29) is 0 Å². The van der Waals surface area contributed by atoms with E-state index in [1.54, 1.807) is 0 Å². The van der Waals surface area contributed by atoms with Gasteiger partial charge in [-0.1, -0.05) is 29.8 Å². The highest BCUT2D eigenvalue weighted by atomic mass is 13.8. The highest BCUT2D eigenvalue weighted by molar-refractivity contribution is 5.10. The summed E-state index contributed by atoms with van der Waals surface area (Å²) in [4.78, 5) is 0. The molecule has 0 fully saturated rings. The lowest BCUT2D eigenvalue weighted by Crippen LogP contribution is -1.63. The average Bonchev–Trinajstić information content (AvgIpc) is 1.69. The zero-order valence-electron chi connectivity index (χ0n) is 4.31. The SMILES string of the molecule is Cc1c[c]ccc1. The van der Waals surface area contributed by atoms with Crippen molar-refractivity contribution in [2.45, 2.75) is 6.92 Å². The van der Waals surface area contributed by atoms with Crippen molar-refractivity contribution in [3.63, 3.8) is 0 Å². The molecular formula is C7H7. The molecular weight excluding hydrogens is 84.1 g/mol. The third-order valence-corrected chi connectivity index (χ3v) is 0.863. The van der Waals surface area contributed by atoms with Crippen LogP contribution in [0.15, 0.2) is 24.3 Å². The van der Waals surface area contributed by atoms with Crippen LogP contribution in [-0.4, -0.2) is 0 Å². The third kappa shape index (κ3) is 1.04. The van der Waals surface area contributed by atoms with Gasteiger partial charge in [-0.3, -0.25) is 0 Å². The topological polar surface area (TPSA) is 0 Å². The predicted octanol–water partition coefficient (Wildman–Crippen LogP) is 1.80.